The fourth-order valence-electron chi connectivity index (χ4n) is 5.18. The van der Waals surface area contributed by atoms with Crippen LogP contribution in [0.15, 0.2) is 36.4 Å². The molecule has 2 aliphatic rings. The highest BCUT2D eigenvalue weighted by Crippen LogP contribution is 2.37. The standard InChI is InChI=1S/C27H34ClN3O4/c1-18-4-6-21(7-5-18)26(32)30-12-8-19(9-13-30)20-10-14-31(15-11-20)27(33)29-23-16-22(28)24(34-2)17-25(23)35-3/h4-7,16-17,19-20H,8-15H2,1-3H3,(H,29,33). The molecule has 4 rings (SSSR count). The van der Waals surface area contributed by atoms with Gasteiger partial charge in [-0.15, -0.1) is 0 Å². The molecule has 0 atom stereocenters. The van der Waals surface area contributed by atoms with Gasteiger partial charge in [-0.25, -0.2) is 4.79 Å². The topological polar surface area (TPSA) is 71.1 Å². The van der Waals surface area contributed by atoms with Gasteiger partial charge in [0.05, 0.1) is 24.9 Å². The monoisotopic (exact) mass is 499 g/mol. The van der Waals surface area contributed by atoms with Gasteiger partial charge in [0, 0.05) is 37.8 Å². The summed E-state index contributed by atoms with van der Waals surface area (Å²) in [5.41, 5.74) is 2.45. The zero-order valence-corrected chi connectivity index (χ0v) is 21.4. The quantitative estimate of drug-likeness (QED) is 0.592. The molecule has 2 heterocycles. The number of halogens is 1. The van der Waals surface area contributed by atoms with E-state index >= 15 is 0 Å². The van der Waals surface area contributed by atoms with Crippen molar-refractivity contribution < 1.29 is 19.1 Å². The fourth-order valence-corrected chi connectivity index (χ4v) is 5.42. The van der Waals surface area contributed by atoms with Crippen LogP contribution in [0.4, 0.5) is 10.5 Å². The molecule has 2 aromatic carbocycles. The highest BCUT2D eigenvalue weighted by Gasteiger charge is 2.32. The van der Waals surface area contributed by atoms with Crippen molar-refractivity contribution in [3.05, 3.63) is 52.5 Å². The van der Waals surface area contributed by atoms with E-state index in [9.17, 15) is 9.59 Å². The first-order valence-electron chi connectivity index (χ1n) is 12.2. The van der Waals surface area contributed by atoms with Crippen LogP contribution in [0, 0.1) is 18.8 Å². The lowest BCUT2D eigenvalue weighted by Gasteiger charge is -2.40. The lowest BCUT2D eigenvalue weighted by molar-refractivity contribution is 0.0618. The summed E-state index contributed by atoms with van der Waals surface area (Å²) >= 11 is 6.23. The second-order valence-corrected chi connectivity index (χ2v) is 9.84. The summed E-state index contributed by atoms with van der Waals surface area (Å²) in [4.78, 5) is 29.5. The summed E-state index contributed by atoms with van der Waals surface area (Å²) in [5, 5.41) is 3.34. The summed E-state index contributed by atoms with van der Waals surface area (Å²) in [6.45, 7) is 5.06. The molecule has 3 amide bonds. The molecule has 1 N–H and O–H groups in total. The number of carbonyl (C=O) groups is 2. The minimum atomic E-state index is -0.151. The molecule has 188 valence electrons. The molecule has 0 aliphatic carbocycles. The van der Waals surface area contributed by atoms with Gasteiger partial charge in [0.15, 0.2) is 0 Å². The van der Waals surface area contributed by atoms with Crippen LogP contribution in [0.1, 0.15) is 41.6 Å². The van der Waals surface area contributed by atoms with Crippen molar-refractivity contribution in [3.63, 3.8) is 0 Å². The molecule has 7 nitrogen and oxygen atoms in total. The molecule has 8 heteroatoms. The molecule has 0 unspecified atom stereocenters. The van der Waals surface area contributed by atoms with Crippen LogP contribution in [0.3, 0.4) is 0 Å². The number of benzene rings is 2. The number of nitrogens with one attached hydrogen (secondary N) is 1. The van der Waals surface area contributed by atoms with Crippen LogP contribution < -0.4 is 14.8 Å². The third kappa shape index (κ3) is 5.84. The average molecular weight is 500 g/mol. The minimum Gasteiger partial charge on any atom is -0.495 e. The van der Waals surface area contributed by atoms with Crippen molar-refractivity contribution in [3.8, 4) is 11.5 Å². The normalized spacial score (nSPS) is 17.3. The Hall–Kier alpha value is -2.93. The minimum absolute atomic E-state index is 0.129. The van der Waals surface area contributed by atoms with Gasteiger partial charge < -0.3 is 24.6 Å². The van der Waals surface area contributed by atoms with E-state index in [-0.39, 0.29) is 11.9 Å². The van der Waals surface area contributed by atoms with Gasteiger partial charge >= 0.3 is 6.03 Å². The number of hydrogen-bond donors (Lipinski definition) is 1. The van der Waals surface area contributed by atoms with E-state index < -0.39 is 0 Å². The first-order chi connectivity index (χ1) is 16.9. The fraction of sp³-hybridized carbons (Fsp3) is 0.481. The third-order valence-electron chi connectivity index (χ3n) is 7.33. The van der Waals surface area contributed by atoms with Crippen molar-refractivity contribution in [2.45, 2.75) is 32.6 Å². The highest BCUT2D eigenvalue weighted by molar-refractivity contribution is 6.32. The smallest absolute Gasteiger partial charge is 0.321 e. The Morgan fingerprint density at radius 3 is 1.94 bits per heavy atom. The van der Waals surface area contributed by atoms with Gasteiger partial charge in [-0.3, -0.25) is 4.79 Å². The van der Waals surface area contributed by atoms with Crippen LogP contribution in [-0.4, -0.2) is 62.1 Å². The number of ether oxygens (including phenoxy) is 2. The zero-order valence-electron chi connectivity index (χ0n) is 20.7. The number of amides is 3. The molecule has 0 bridgehead atoms. The first-order valence-corrected chi connectivity index (χ1v) is 12.6. The largest absolute Gasteiger partial charge is 0.495 e. The molecule has 2 saturated heterocycles. The number of piperidine rings is 2. The van der Waals surface area contributed by atoms with Gasteiger partial charge in [0.2, 0.25) is 0 Å². The maximum Gasteiger partial charge on any atom is 0.321 e. The second kappa shape index (κ2) is 11.2. The number of nitrogens with zero attached hydrogens (tertiary/aromatic N) is 2. The number of carbonyl (C=O) groups excluding carboxylic acids is 2. The van der Waals surface area contributed by atoms with Crippen LogP contribution >= 0.6 is 11.6 Å². The van der Waals surface area contributed by atoms with Gasteiger partial charge in [0.1, 0.15) is 11.5 Å². The molecule has 0 aromatic heterocycles. The Labute approximate surface area is 212 Å². The summed E-state index contributed by atoms with van der Waals surface area (Å²) in [6, 6.07) is 11.0. The van der Waals surface area contributed by atoms with E-state index in [1.165, 1.54) is 7.11 Å². The Morgan fingerprint density at radius 1 is 0.857 bits per heavy atom. The molecule has 0 radical (unpaired) electrons. The second-order valence-electron chi connectivity index (χ2n) is 9.44. The van der Waals surface area contributed by atoms with Crippen molar-refractivity contribution in [2.24, 2.45) is 11.8 Å². The Morgan fingerprint density at radius 2 is 1.40 bits per heavy atom. The van der Waals surface area contributed by atoms with Crippen LogP contribution in [-0.2, 0) is 0 Å². The number of rotatable bonds is 5. The van der Waals surface area contributed by atoms with E-state index in [2.05, 4.69) is 5.32 Å². The maximum absolute atomic E-state index is 12.9. The summed E-state index contributed by atoms with van der Waals surface area (Å²) in [6.07, 6.45) is 4.00. The third-order valence-corrected chi connectivity index (χ3v) is 7.63. The Bertz CT molecular complexity index is 1040. The van der Waals surface area contributed by atoms with Crippen molar-refractivity contribution >= 4 is 29.2 Å². The molecule has 2 aromatic rings. The number of methoxy groups -OCH3 is 2. The number of aryl methyl sites for hydroxylation is 1. The highest BCUT2D eigenvalue weighted by atomic mass is 35.5. The number of urea groups is 1. The summed E-state index contributed by atoms with van der Waals surface area (Å²) in [5.74, 6) is 2.31. The SMILES string of the molecule is COc1cc(OC)c(NC(=O)N2CCC(C3CCN(C(=O)c4ccc(C)cc4)CC3)CC2)cc1Cl. The first kappa shape index (κ1) is 25.2. The van der Waals surface area contributed by atoms with E-state index in [0.29, 0.717) is 47.1 Å². The number of likely N-dealkylation sites (tertiary alicyclic amines) is 2. The Kier molecular flexibility index (Phi) is 8.06. The van der Waals surface area contributed by atoms with Gasteiger partial charge in [0.25, 0.3) is 5.91 Å². The van der Waals surface area contributed by atoms with E-state index in [1.54, 1.807) is 19.2 Å². The summed E-state index contributed by atoms with van der Waals surface area (Å²) in [7, 11) is 3.08. The van der Waals surface area contributed by atoms with E-state index in [4.69, 9.17) is 21.1 Å². The van der Waals surface area contributed by atoms with Crippen LogP contribution in [0.5, 0.6) is 11.5 Å². The number of hydrogen-bond acceptors (Lipinski definition) is 4. The number of anilines is 1. The lowest BCUT2D eigenvalue weighted by atomic mass is 9.79. The van der Waals surface area contributed by atoms with Crippen molar-refractivity contribution in [2.75, 3.05) is 45.7 Å². The van der Waals surface area contributed by atoms with E-state index in [0.717, 1.165) is 49.9 Å². The van der Waals surface area contributed by atoms with Gasteiger partial charge in [-0.2, -0.15) is 0 Å². The lowest BCUT2D eigenvalue weighted by Crippen LogP contribution is -2.45. The zero-order chi connectivity index (χ0) is 24.9. The molecule has 0 spiro atoms. The molecule has 0 saturated carbocycles. The molecular weight excluding hydrogens is 466 g/mol. The Balaban J connectivity index is 1.26. The average Bonchev–Trinajstić information content (AvgIpc) is 2.89. The van der Waals surface area contributed by atoms with Crippen molar-refractivity contribution in [1.82, 2.24) is 9.80 Å². The molecule has 35 heavy (non-hydrogen) atoms. The molecular formula is C27H34ClN3O4. The van der Waals surface area contributed by atoms with Crippen LogP contribution in [0.2, 0.25) is 5.02 Å². The summed E-state index contributed by atoms with van der Waals surface area (Å²) < 4.78 is 10.6. The molecule has 2 fully saturated rings. The molecule has 2 aliphatic heterocycles. The predicted molar refractivity (Wildman–Crippen MR) is 138 cm³/mol. The van der Waals surface area contributed by atoms with Gasteiger partial charge in [-0.05, 0) is 62.6 Å². The predicted octanol–water partition coefficient (Wildman–Crippen LogP) is 5.46. The van der Waals surface area contributed by atoms with E-state index in [1.807, 2.05) is 41.0 Å². The van der Waals surface area contributed by atoms with Crippen LogP contribution in [0.25, 0.3) is 0 Å². The maximum atomic E-state index is 12.9. The van der Waals surface area contributed by atoms with Crippen molar-refractivity contribution in [1.29, 1.82) is 0 Å². The van der Waals surface area contributed by atoms with Gasteiger partial charge in [-0.1, -0.05) is 29.3 Å².